The standard InChI is InChI=1S/C22H27N3O/c26-22-24(17-7-6-10-18-8-2-1-3-9-18)20-11-4-5-12-21(20)25(22)19-13-15-23-16-14-19/h1-5,8-9,11-12,19,23H,6-7,10,13-17H2. The number of hydrogen-bond donors (Lipinski definition) is 1. The average molecular weight is 349 g/mol. The Labute approximate surface area is 154 Å². The molecule has 2 heterocycles. The third-order valence-electron chi connectivity index (χ3n) is 5.48. The number of hydrogen-bond acceptors (Lipinski definition) is 2. The number of nitrogens with zero attached hydrogens (tertiary/aromatic N) is 2. The fraction of sp³-hybridized carbons (Fsp3) is 0.409. The normalized spacial score (nSPS) is 15.5. The summed E-state index contributed by atoms with van der Waals surface area (Å²) in [6.45, 7) is 2.78. The molecule has 1 aliphatic rings. The summed E-state index contributed by atoms with van der Waals surface area (Å²) in [6, 6.07) is 19.2. The van der Waals surface area contributed by atoms with Gasteiger partial charge in [-0.05, 0) is 62.9 Å². The molecule has 1 aliphatic heterocycles. The lowest BCUT2D eigenvalue weighted by Gasteiger charge is -2.23. The van der Waals surface area contributed by atoms with E-state index >= 15 is 0 Å². The summed E-state index contributed by atoms with van der Waals surface area (Å²) in [4.78, 5) is 13.2. The minimum atomic E-state index is 0.165. The van der Waals surface area contributed by atoms with Crippen LogP contribution in [0.2, 0.25) is 0 Å². The minimum absolute atomic E-state index is 0.165. The molecule has 0 spiro atoms. The first kappa shape index (κ1) is 17.1. The van der Waals surface area contributed by atoms with Crippen LogP contribution in [0, 0.1) is 0 Å². The van der Waals surface area contributed by atoms with E-state index < -0.39 is 0 Å². The lowest BCUT2D eigenvalue weighted by atomic mass is 10.1. The monoisotopic (exact) mass is 349 g/mol. The molecule has 0 bridgehead atoms. The fourth-order valence-corrected chi connectivity index (χ4v) is 4.11. The molecular weight excluding hydrogens is 322 g/mol. The van der Waals surface area contributed by atoms with Crippen molar-refractivity contribution in [3.63, 3.8) is 0 Å². The van der Waals surface area contributed by atoms with E-state index in [1.807, 2.05) is 21.3 Å². The minimum Gasteiger partial charge on any atom is -0.317 e. The Morgan fingerprint density at radius 3 is 2.35 bits per heavy atom. The van der Waals surface area contributed by atoms with E-state index in [0.29, 0.717) is 6.04 Å². The Hall–Kier alpha value is -2.33. The zero-order valence-corrected chi connectivity index (χ0v) is 15.2. The lowest BCUT2D eigenvalue weighted by Crippen LogP contribution is -2.34. The van der Waals surface area contributed by atoms with Crippen LogP contribution in [0.4, 0.5) is 0 Å². The van der Waals surface area contributed by atoms with Gasteiger partial charge in [0.25, 0.3) is 0 Å². The predicted octanol–water partition coefficient (Wildman–Crippen LogP) is 3.75. The first-order valence-electron chi connectivity index (χ1n) is 9.79. The number of aryl methyl sites for hydroxylation is 2. The van der Waals surface area contributed by atoms with Gasteiger partial charge in [0.1, 0.15) is 0 Å². The van der Waals surface area contributed by atoms with Gasteiger partial charge >= 0.3 is 5.69 Å². The second-order valence-corrected chi connectivity index (χ2v) is 7.22. The van der Waals surface area contributed by atoms with Gasteiger partial charge in [-0.2, -0.15) is 0 Å². The van der Waals surface area contributed by atoms with E-state index in [4.69, 9.17) is 0 Å². The Kier molecular flexibility index (Phi) is 5.21. The number of benzene rings is 2. The van der Waals surface area contributed by atoms with Crippen molar-refractivity contribution in [2.24, 2.45) is 0 Å². The van der Waals surface area contributed by atoms with Crippen LogP contribution in [-0.2, 0) is 13.0 Å². The first-order chi connectivity index (χ1) is 12.8. The van der Waals surface area contributed by atoms with Crippen molar-refractivity contribution in [2.75, 3.05) is 13.1 Å². The second-order valence-electron chi connectivity index (χ2n) is 7.22. The third-order valence-corrected chi connectivity index (χ3v) is 5.48. The van der Waals surface area contributed by atoms with Gasteiger partial charge in [0.2, 0.25) is 0 Å². The van der Waals surface area contributed by atoms with E-state index in [2.05, 4.69) is 47.8 Å². The van der Waals surface area contributed by atoms with E-state index in [0.717, 1.165) is 62.8 Å². The van der Waals surface area contributed by atoms with Crippen molar-refractivity contribution in [1.82, 2.24) is 14.5 Å². The van der Waals surface area contributed by atoms with Crippen LogP contribution < -0.4 is 11.0 Å². The van der Waals surface area contributed by atoms with Crippen molar-refractivity contribution in [1.29, 1.82) is 0 Å². The van der Waals surface area contributed by atoms with Crippen LogP contribution in [0.3, 0.4) is 0 Å². The van der Waals surface area contributed by atoms with E-state index in [9.17, 15) is 4.79 Å². The molecule has 1 N–H and O–H groups in total. The van der Waals surface area contributed by atoms with Gasteiger partial charge in [0.15, 0.2) is 0 Å². The van der Waals surface area contributed by atoms with Crippen LogP contribution in [0.25, 0.3) is 11.0 Å². The fourth-order valence-electron chi connectivity index (χ4n) is 4.11. The lowest BCUT2D eigenvalue weighted by molar-refractivity contribution is 0.364. The Morgan fingerprint density at radius 1 is 0.885 bits per heavy atom. The summed E-state index contributed by atoms with van der Waals surface area (Å²) in [5, 5.41) is 3.39. The van der Waals surface area contributed by atoms with E-state index in [1.54, 1.807) is 0 Å². The maximum absolute atomic E-state index is 13.2. The quantitative estimate of drug-likeness (QED) is 0.689. The molecule has 1 aromatic heterocycles. The van der Waals surface area contributed by atoms with Crippen molar-refractivity contribution in [2.45, 2.75) is 44.7 Å². The highest BCUT2D eigenvalue weighted by Gasteiger charge is 2.21. The molecule has 1 saturated heterocycles. The second kappa shape index (κ2) is 7.92. The van der Waals surface area contributed by atoms with Gasteiger partial charge in [-0.3, -0.25) is 9.13 Å². The van der Waals surface area contributed by atoms with Crippen LogP contribution in [0.1, 0.15) is 37.3 Å². The summed E-state index contributed by atoms with van der Waals surface area (Å²) < 4.78 is 4.04. The molecule has 0 radical (unpaired) electrons. The number of fused-ring (bicyclic) bond motifs is 1. The molecule has 1 fully saturated rings. The average Bonchev–Trinajstić information content (AvgIpc) is 2.98. The molecular formula is C22H27N3O. The number of rotatable bonds is 6. The van der Waals surface area contributed by atoms with Gasteiger partial charge in [0.05, 0.1) is 11.0 Å². The van der Waals surface area contributed by atoms with Crippen LogP contribution >= 0.6 is 0 Å². The molecule has 0 atom stereocenters. The van der Waals surface area contributed by atoms with Gasteiger partial charge in [-0.15, -0.1) is 0 Å². The molecule has 0 aliphatic carbocycles. The first-order valence-corrected chi connectivity index (χ1v) is 9.79. The summed E-state index contributed by atoms with van der Waals surface area (Å²) >= 11 is 0. The zero-order valence-electron chi connectivity index (χ0n) is 15.2. The Balaban J connectivity index is 1.53. The Bertz CT molecular complexity index is 904. The predicted molar refractivity (Wildman–Crippen MR) is 107 cm³/mol. The van der Waals surface area contributed by atoms with Crippen LogP contribution in [0.5, 0.6) is 0 Å². The van der Waals surface area contributed by atoms with Crippen LogP contribution in [0.15, 0.2) is 59.4 Å². The summed E-state index contributed by atoms with van der Waals surface area (Å²) in [5.41, 5.74) is 3.71. The topological polar surface area (TPSA) is 39.0 Å². The van der Waals surface area contributed by atoms with E-state index in [1.165, 1.54) is 5.56 Å². The maximum Gasteiger partial charge on any atom is 0.329 e. The van der Waals surface area contributed by atoms with E-state index in [-0.39, 0.29) is 5.69 Å². The largest absolute Gasteiger partial charge is 0.329 e. The summed E-state index contributed by atoms with van der Waals surface area (Å²) in [7, 11) is 0. The molecule has 26 heavy (non-hydrogen) atoms. The number of nitrogens with one attached hydrogen (secondary N) is 1. The number of aromatic nitrogens is 2. The Morgan fingerprint density at radius 2 is 1.58 bits per heavy atom. The highest BCUT2D eigenvalue weighted by atomic mass is 16.1. The maximum atomic E-state index is 13.2. The van der Waals surface area contributed by atoms with Gasteiger partial charge < -0.3 is 5.32 Å². The molecule has 4 nitrogen and oxygen atoms in total. The molecule has 3 aromatic rings. The van der Waals surface area contributed by atoms with Crippen molar-refractivity contribution in [3.8, 4) is 0 Å². The summed E-state index contributed by atoms with van der Waals surface area (Å²) in [5.74, 6) is 0. The number of unbranched alkanes of at least 4 members (excludes halogenated alkanes) is 1. The van der Waals surface area contributed by atoms with Crippen molar-refractivity contribution >= 4 is 11.0 Å². The SMILES string of the molecule is O=c1n(CCCCc2ccccc2)c2ccccc2n1C1CCNCC1. The van der Waals surface area contributed by atoms with Crippen LogP contribution in [-0.4, -0.2) is 22.2 Å². The molecule has 0 amide bonds. The third kappa shape index (κ3) is 3.47. The molecule has 0 unspecified atom stereocenters. The molecule has 2 aromatic carbocycles. The molecule has 0 saturated carbocycles. The van der Waals surface area contributed by atoms with Crippen molar-refractivity contribution < 1.29 is 0 Å². The number of piperidine rings is 1. The van der Waals surface area contributed by atoms with Gasteiger partial charge in [0, 0.05) is 12.6 Å². The highest BCUT2D eigenvalue weighted by molar-refractivity contribution is 5.76. The number of imidazole rings is 1. The molecule has 4 heteroatoms. The van der Waals surface area contributed by atoms with Crippen molar-refractivity contribution in [3.05, 3.63) is 70.6 Å². The molecule has 4 rings (SSSR count). The highest BCUT2D eigenvalue weighted by Crippen LogP contribution is 2.23. The van der Waals surface area contributed by atoms with Gasteiger partial charge in [-0.25, -0.2) is 4.79 Å². The smallest absolute Gasteiger partial charge is 0.317 e. The summed E-state index contributed by atoms with van der Waals surface area (Å²) in [6.07, 6.45) is 5.25. The molecule has 136 valence electrons. The number of para-hydroxylation sites is 2. The van der Waals surface area contributed by atoms with Gasteiger partial charge in [-0.1, -0.05) is 42.5 Å². The zero-order chi connectivity index (χ0) is 17.8.